The van der Waals surface area contributed by atoms with E-state index in [1.165, 1.54) is 0 Å². The Bertz CT molecular complexity index is 245. The summed E-state index contributed by atoms with van der Waals surface area (Å²) in [5.41, 5.74) is 0. The Morgan fingerprint density at radius 3 is 2.91 bits per heavy atom. The molecule has 64 valence electrons. The number of nitrogens with one attached hydrogen (secondary N) is 1. The summed E-state index contributed by atoms with van der Waals surface area (Å²) >= 11 is 0. The van der Waals surface area contributed by atoms with E-state index < -0.39 is 10.3 Å². The van der Waals surface area contributed by atoms with Crippen LogP contribution in [0.3, 0.4) is 0 Å². The number of hydrogen-bond acceptors (Lipinski definition) is 3. The molecule has 1 aliphatic heterocycles. The molecule has 0 aliphatic carbocycles. The number of rotatable bonds is 1. The average Bonchev–Trinajstić information content (AvgIpc) is 1.85. The largest absolute Gasteiger partial charge is 0.336 e. The third-order valence-corrected chi connectivity index (χ3v) is 2.46. The molecule has 1 saturated heterocycles. The van der Waals surface area contributed by atoms with E-state index in [-0.39, 0.29) is 12.6 Å². The maximum atomic E-state index is 10.8. The molecular formula is C6H11NO3S. The van der Waals surface area contributed by atoms with Gasteiger partial charge in [-0.05, 0) is 13.3 Å². The van der Waals surface area contributed by atoms with E-state index in [9.17, 15) is 8.42 Å². The van der Waals surface area contributed by atoms with Gasteiger partial charge in [0.1, 0.15) is 0 Å². The zero-order valence-electron chi connectivity index (χ0n) is 6.28. The minimum Gasteiger partial charge on any atom is -0.258 e. The van der Waals surface area contributed by atoms with Crippen LogP contribution in [-0.4, -0.2) is 21.1 Å². The lowest BCUT2D eigenvalue weighted by Gasteiger charge is -2.19. The molecule has 0 saturated carbocycles. The molecule has 1 fully saturated rings. The topological polar surface area (TPSA) is 55.4 Å². The van der Waals surface area contributed by atoms with Gasteiger partial charge in [0.05, 0.1) is 6.61 Å². The molecule has 1 N–H and O–H groups in total. The van der Waals surface area contributed by atoms with Gasteiger partial charge >= 0.3 is 10.3 Å². The Hall–Kier alpha value is -0.390. The van der Waals surface area contributed by atoms with Crippen LogP contribution in [0, 0.1) is 0 Å². The molecule has 5 heteroatoms. The van der Waals surface area contributed by atoms with Gasteiger partial charge in [-0.1, -0.05) is 12.2 Å². The predicted octanol–water partition coefficient (Wildman–Crippen LogP) is 0.186. The highest BCUT2D eigenvalue weighted by molar-refractivity contribution is 7.84. The minimum atomic E-state index is -3.46. The summed E-state index contributed by atoms with van der Waals surface area (Å²) in [6, 6.07) is -0.0984. The third-order valence-electron chi connectivity index (χ3n) is 1.39. The quantitative estimate of drug-likeness (QED) is 0.581. The van der Waals surface area contributed by atoms with Gasteiger partial charge in [0.25, 0.3) is 0 Å². The summed E-state index contributed by atoms with van der Waals surface area (Å²) in [7, 11) is -3.46. The van der Waals surface area contributed by atoms with E-state index in [0.29, 0.717) is 6.42 Å². The van der Waals surface area contributed by atoms with Crippen molar-refractivity contribution in [2.24, 2.45) is 0 Å². The Labute approximate surface area is 66.5 Å². The molecule has 1 rings (SSSR count). The van der Waals surface area contributed by atoms with Crippen molar-refractivity contribution in [1.82, 2.24) is 4.72 Å². The van der Waals surface area contributed by atoms with Crippen LogP contribution in [0.2, 0.25) is 0 Å². The van der Waals surface area contributed by atoms with Crippen LogP contribution in [0.4, 0.5) is 0 Å². The molecular weight excluding hydrogens is 166 g/mol. The fourth-order valence-electron chi connectivity index (χ4n) is 0.931. The van der Waals surface area contributed by atoms with Crippen molar-refractivity contribution in [2.45, 2.75) is 19.4 Å². The summed E-state index contributed by atoms with van der Waals surface area (Å²) < 4.78 is 28.4. The first-order chi connectivity index (χ1) is 5.14. The van der Waals surface area contributed by atoms with Gasteiger partial charge in [-0.25, -0.2) is 0 Å². The highest BCUT2D eigenvalue weighted by atomic mass is 32.2. The van der Waals surface area contributed by atoms with Crippen LogP contribution < -0.4 is 4.72 Å². The standard InChI is InChI=1S/C6H11NO3S/c1-2-3-6-4-5-10-11(8,9)7-6/h2-3,6-7H,4-5H2,1H3. The number of hydrogen-bond donors (Lipinski definition) is 1. The lowest BCUT2D eigenvalue weighted by atomic mass is 10.2. The first-order valence-electron chi connectivity index (χ1n) is 3.43. The Balaban J connectivity index is 2.60. The lowest BCUT2D eigenvalue weighted by Crippen LogP contribution is -2.40. The molecule has 0 radical (unpaired) electrons. The van der Waals surface area contributed by atoms with Gasteiger partial charge in [-0.15, -0.1) is 0 Å². The summed E-state index contributed by atoms with van der Waals surface area (Å²) in [6.45, 7) is 2.12. The molecule has 0 amide bonds. The van der Waals surface area contributed by atoms with Crippen molar-refractivity contribution >= 4 is 10.3 Å². The van der Waals surface area contributed by atoms with Gasteiger partial charge in [-0.2, -0.15) is 13.1 Å². The Morgan fingerprint density at radius 1 is 1.64 bits per heavy atom. The van der Waals surface area contributed by atoms with Gasteiger partial charge in [0.15, 0.2) is 0 Å². The summed E-state index contributed by atoms with van der Waals surface area (Å²) in [6.07, 6.45) is 4.32. The SMILES string of the molecule is CC=CC1CCOS(=O)(=O)N1. The number of allylic oxidation sites excluding steroid dienone is 1. The van der Waals surface area contributed by atoms with E-state index in [0.717, 1.165) is 0 Å². The molecule has 0 aromatic rings. The van der Waals surface area contributed by atoms with Crippen molar-refractivity contribution in [2.75, 3.05) is 6.61 Å². The zero-order valence-corrected chi connectivity index (χ0v) is 7.10. The maximum absolute atomic E-state index is 10.8. The molecule has 1 heterocycles. The Kier molecular flexibility index (Phi) is 2.64. The second-order valence-corrected chi connectivity index (χ2v) is 3.69. The lowest BCUT2D eigenvalue weighted by molar-refractivity contribution is 0.269. The molecule has 0 bridgehead atoms. The van der Waals surface area contributed by atoms with Crippen LogP contribution in [-0.2, 0) is 14.5 Å². The molecule has 1 atom stereocenters. The molecule has 0 aromatic carbocycles. The van der Waals surface area contributed by atoms with Crippen molar-refractivity contribution in [3.8, 4) is 0 Å². The van der Waals surface area contributed by atoms with Crippen molar-refractivity contribution in [3.05, 3.63) is 12.2 Å². The Morgan fingerprint density at radius 2 is 2.36 bits per heavy atom. The van der Waals surface area contributed by atoms with Gasteiger partial charge in [-0.3, -0.25) is 4.18 Å². The van der Waals surface area contributed by atoms with Crippen LogP contribution in [0.1, 0.15) is 13.3 Å². The van der Waals surface area contributed by atoms with Gasteiger partial charge < -0.3 is 0 Å². The monoisotopic (exact) mass is 177 g/mol. The maximum Gasteiger partial charge on any atom is 0.336 e. The normalized spacial score (nSPS) is 30.8. The van der Waals surface area contributed by atoms with Crippen molar-refractivity contribution < 1.29 is 12.6 Å². The zero-order chi connectivity index (χ0) is 8.32. The summed E-state index contributed by atoms with van der Waals surface area (Å²) in [5, 5.41) is 0. The van der Waals surface area contributed by atoms with Crippen LogP contribution in [0.5, 0.6) is 0 Å². The first kappa shape index (κ1) is 8.70. The van der Waals surface area contributed by atoms with Crippen LogP contribution >= 0.6 is 0 Å². The highest BCUT2D eigenvalue weighted by Gasteiger charge is 2.21. The van der Waals surface area contributed by atoms with E-state index in [1.54, 1.807) is 6.08 Å². The average molecular weight is 177 g/mol. The second kappa shape index (κ2) is 3.34. The van der Waals surface area contributed by atoms with E-state index in [2.05, 4.69) is 8.91 Å². The van der Waals surface area contributed by atoms with E-state index in [1.807, 2.05) is 13.0 Å². The summed E-state index contributed by atoms with van der Waals surface area (Å²) in [5.74, 6) is 0. The molecule has 0 aromatic heterocycles. The summed E-state index contributed by atoms with van der Waals surface area (Å²) in [4.78, 5) is 0. The van der Waals surface area contributed by atoms with Crippen molar-refractivity contribution in [3.63, 3.8) is 0 Å². The van der Waals surface area contributed by atoms with Gasteiger partial charge in [0.2, 0.25) is 0 Å². The smallest absolute Gasteiger partial charge is 0.258 e. The van der Waals surface area contributed by atoms with Gasteiger partial charge in [0, 0.05) is 6.04 Å². The molecule has 4 nitrogen and oxygen atoms in total. The van der Waals surface area contributed by atoms with Crippen LogP contribution in [0.25, 0.3) is 0 Å². The molecule has 1 aliphatic rings. The fraction of sp³-hybridized carbons (Fsp3) is 0.667. The minimum absolute atomic E-state index is 0.0984. The first-order valence-corrected chi connectivity index (χ1v) is 4.84. The van der Waals surface area contributed by atoms with Crippen molar-refractivity contribution in [1.29, 1.82) is 0 Å². The fourth-order valence-corrected chi connectivity index (χ4v) is 1.88. The van der Waals surface area contributed by atoms with E-state index >= 15 is 0 Å². The highest BCUT2D eigenvalue weighted by Crippen LogP contribution is 2.06. The van der Waals surface area contributed by atoms with Crippen LogP contribution in [0.15, 0.2) is 12.2 Å². The molecule has 1 unspecified atom stereocenters. The third kappa shape index (κ3) is 2.61. The predicted molar refractivity (Wildman–Crippen MR) is 41.2 cm³/mol. The molecule has 11 heavy (non-hydrogen) atoms. The molecule has 0 spiro atoms. The second-order valence-electron chi connectivity index (χ2n) is 2.31. The van der Waals surface area contributed by atoms with E-state index in [4.69, 9.17) is 0 Å².